The van der Waals surface area contributed by atoms with E-state index in [1.807, 2.05) is 14.0 Å². The summed E-state index contributed by atoms with van der Waals surface area (Å²) in [5.41, 5.74) is 0. The van der Waals surface area contributed by atoms with Crippen LogP contribution < -0.4 is 5.32 Å². The Bertz CT molecular complexity index is 532. The SMILES string of the molecule is CCCCCCCCCCCCCCCCCCC(COP(=O)(O)OCCCCNC)CC(=O)CC. The molecule has 7 heteroatoms. The first-order valence-electron chi connectivity index (χ1n) is 15.2. The molecule has 0 rings (SSSR count). The van der Waals surface area contributed by atoms with Gasteiger partial charge in [0.05, 0.1) is 13.2 Å². The molecule has 36 heavy (non-hydrogen) atoms. The van der Waals surface area contributed by atoms with Crippen molar-refractivity contribution in [3.8, 4) is 0 Å². The van der Waals surface area contributed by atoms with Gasteiger partial charge in [0.1, 0.15) is 5.78 Å². The van der Waals surface area contributed by atoms with E-state index in [-0.39, 0.29) is 24.9 Å². The molecule has 0 radical (unpaired) electrons. The van der Waals surface area contributed by atoms with Crippen molar-refractivity contribution in [3.05, 3.63) is 0 Å². The molecule has 0 aliphatic heterocycles. The fraction of sp³-hybridized carbons (Fsp3) is 0.966. The quantitative estimate of drug-likeness (QED) is 0.0738. The Morgan fingerprint density at radius 1 is 0.750 bits per heavy atom. The molecule has 0 aromatic heterocycles. The molecule has 0 fully saturated rings. The Morgan fingerprint density at radius 3 is 1.72 bits per heavy atom. The number of carbonyl (C=O) groups is 1. The van der Waals surface area contributed by atoms with E-state index in [1.165, 1.54) is 89.9 Å². The molecule has 0 saturated heterocycles. The van der Waals surface area contributed by atoms with Crippen LogP contribution in [-0.4, -0.2) is 37.5 Å². The lowest BCUT2D eigenvalue weighted by Gasteiger charge is -2.18. The summed E-state index contributed by atoms with van der Waals surface area (Å²) in [6.45, 7) is 5.29. The number of hydrogen-bond acceptors (Lipinski definition) is 5. The van der Waals surface area contributed by atoms with Gasteiger partial charge in [0.15, 0.2) is 0 Å². The Kier molecular flexibility index (Phi) is 26.2. The van der Waals surface area contributed by atoms with Gasteiger partial charge in [-0.15, -0.1) is 0 Å². The Labute approximate surface area is 223 Å². The molecule has 0 spiro atoms. The highest BCUT2D eigenvalue weighted by Crippen LogP contribution is 2.44. The van der Waals surface area contributed by atoms with Gasteiger partial charge >= 0.3 is 7.82 Å². The summed E-state index contributed by atoms with van der Waals surface area (Å²) in [5.74, 6) is 0.165. The summed E-state index contributed by atoms with van der Waals surface area (Å²) in [6.07, 6.45) is 24.6. The summed E-state index contributed by atoms with van der Waals surface area (Å²) < 4.78 is 22.5. The van der Waals surface area contributed by atoms with Gasteiger partial charge in [-0.25, -0.2) is 4.57 Å². The van der Waals surface area contributed by atoms with Crippen LogP contribution in [0.15, 0.2) is 0 Å². The van der Waals surface area contributed by atoms with E-state index in [2.05, 4.69) is 12.2 Å². The average Bonchev–Trinajstić information content (AvgIpc) is 2.86. The van der Waals surface area contributed by atoms with Crippen LogP contribution in [0.3, 0.4) is 0 Å². The van der Waals surface area contributed by atoms with Gasteiger partial charge in [-0.2, -0.15) is 0 Å². The van der Waals surface area contributed by atoms with E-state index in [0.29, 0.717) is 19.3 Å². The highest BCUT2D eigenvalue weighted by molar-refractivity contribution is 7.47. The highest BCUT2D eigenvalue weighted by atomic mass is 31.2. The van der Waals surface area contributed by atoms with E-state index < -0.39 is 7.82 Å². The number of carbonyl (C=O) groups excluding carboxylic acids is 1. The fourth-order valence-corrected chi connectivity index (χ4v) is 5.35. The predicted molar refractivity (Wildman–Crippen MR) is 152 cm³/mol. The fourth-order valence-electron chi connectivity index (χ4n) is 4.51. The normalized spacial score (nSPS) is 14.1. The summed E-state index contributed by atoms with van der Waals surface area (Å²) in [5, 5.41) is 3.03. The number of phosphoric ester groups is 1. The third kappa shape index (κ3) is 25.4. The van der Waals surface area contributed by atoms with Crippen molar-refractivity contribution in [2.24, 2.45) is 5.92 Å². The smallest absolute Gasteiger partial charge is 0.320 e. The number of Topliss-reactive ketones (excluding diaryl/α,β-unsaturated/α-hetero) is 1. The lowest BCUT2D eigenvalue weighted by atomic mass is 9.95. The minimum Gasteiger partial charge on any atom is -0.320 e. The maximum Gasteiger partial charge on any atom is 0.472 e. The number of phosphoric acid groups is 1. The second kappa shape index (κ2) is 26.4. The van der Waals surface area contributed by atoms with E-state index in [9.17, 15) is 14.3 Å². The Hall–Kier alpha value is -0.260. The molecule has 0 amide bonds. The molecule has 6 nitrogen and oxygen atoms in total. The molecular formula is C29H60NO5P. The topological polar surface area (TPSA) is 84.9 Å². The molecule has 0 heterocycles. The van der Waals surface area contributed by atoms with Crippen molar-refractivity contribution in [2.75, 3.05) is 26.8 Å². The predicted octanol–water partition coefficient (Wildman–Crippen LogP) is 8.76. The van der Waals surface area contributed by atoms with E-state index in [1.54, 1.807) is 0 Å². The van der Waals surface area contributed by atoms with Crippen molar-refractivity contribution in [2.45, 2.75) is 149 Å². The molecule has 0 aliphatic rings. The van der Waals surface area contributed by atoms with Crippen LogP contribution in [0.2, 0.25) is 0 Å². The lowest BCUT2D eigenvalue weighted by molar-refractivity contribution is -0.120. The summed E-state index contributed by atoms with van der Waals surface area (Å²) >= 11 is 0. The molecule has 0 aliphatic carbocycles. The minimum absolute atomic E-state index is 0.0162. The summed E-state index contributed by atoms with van der Waals surface area (Å²) in [7, 11) is -2.18. The molecular weight excluding hydrogens is 473 g/mol. The van der Waals surface area contributed by atoms with Gasteiger partial charge < -0.3 is 10.2 Å². The molecule has 0 bridgehead atoms. The summed E-state index contributed by atoms with van der Waals surface area (Å²) in [6, 6.07) is 0. The van der Waals surface area contributed by atoms with Gasteiger partial charge in [0.2, 0.25) is 0 Å². The van der Waals surface area contributed by atoms with Crippen LogP contribution in [0.25, 0.3) is 0 Å². The van der Waals surface area contributed by atoms with E-state index in [0.717, 1.165) is 32.2 Å². The van der Waals surface area contributed by atoms with Crippen LogP contribution in [-0.2, 0) is 18.4 Å². The third-order valence-electron chi connectivity index (χ3n) is 6.93. The molecule has 2 N–H and O–H groups in total. The first-order valence-corrected chi connectivity index (χ1v) is 16.7. The second-order valence-corrected chi connectivity index (χ2v) is 11.9. The standard InChI is InChI=1S/C29H60NO5P/c1-4-6-7-8-9-10-11-12-13-14-15-16-17-18-19-20-23-28(26-29(31)5-2)27-35-36(32,33)34-25-22-21-24-30-3/h28,30H,4-27H2,1-3H3,(H,32,33). The van der Waals surface area contributed by atoms with Gasteiger partial charge in [-0.1, -0.05) is 117 Å². The summed E-state index contributed by atoms with van der Waals surface area (Å²) in [4.78, 5) is 21.9. The van der Waals surface area contributed by atoms with Crippen LogP contribution in [0.5, 0.6) is 0 Å². The number of unbranched alkanes of at least 4 members (excludes halogenated alkanes) is 16. The molecule has 2 atom stereocenters. The Morgan fingerprint density at radius 2 is 1.25 bits per heavy atom. The number of ketones is 1. The monoisotopic (exact) mass is 533 g/mol. The maximum absolute atomic E-state index is 12.1. The van der Waals surface area contributed by atoms with Gasteiger partial charge in [0.25, 0.3) is 0 Å². The van der Waals surface area contributed by atoms with Gasteiger partial charge in [-0.3, -0.25) is 13.8 Å². The molecule has 0 aromatic carbocycles. The average molecular weight is 534 g/mol. The van der Waals surface area contributed by atoms with Crippen molar-refractivity contribution in [3.63, 3.8) is 0 Å². The lowest BCUT2D eigenvalue weighted by Crippen LogP contribution is -2.14. The Balaban J connectivity index is 3.82. The second-order valence-electron chi connectivity index (χ2n) is 10.5. The van der Waals surface area contributed by atoms with Crippen LogP contribution >= 0.6 is 7.82 Å². The minimum atomic E-state index is -4.05. The van der Waals surface area contributed by atoms with E-state index in [4.69, 9.17) is 9.05 Å². The molecule has 0 saturated carbocycles. The van der Waals surface area contributed by atoms with E-state index >= 15 is 0 Å². The van der Waals surface area contributed by atoms with Crippen LogP contribution in [0, 0.1) is 5.92 Å². The van der Waals surface area contributed by atoms with Crippen molar-refractivity contribution in [1.29, 1.82) is 0 Å². The zero-order valence-electron chi connectivity index (χ0n) is 24.1. The van der Waals surface area contributed by atoms with Crippen LogP contribution in [0.4, 0.5) is 0 Å². The number of nitrogens with one attached hydrogen (secondary N) is 1. The molecule has 216 valence electrons. The number of hydrogen-bond donors (Lipinski definition) is 2. The van der Waals surface area contributed by atoms with Gasteiger partial charge in [-0.05, 0) is 38.8 Å². The number of rotatable bonds is 29. The largest absolute Gasteiger partial charge is 0.472 e. The van der Waals surface area contributed by atoms with Crippen LogP contribution in [0.1, 0.15) is 149 Å². The zero-order chi connectivity index (χ0) is 26.7. The maximum atomic E-state index is 12.1. The first-order chi connectivity index (χ1) is 17.4. The van der Waals surface area contributed by atoms with Crippen molar-refractivity contribution in [1.82, 2.24) is 5.32 Å². The molecule has 0 aromatic rings. The zero-order valence-corrected chi connectivity index (χ0v) is 25.0. The van der Waals surface area contributed by atoms with Crippen molar-refractivity contribution >= 4 is 13.6 Å². The molecule has 2 unspecified atom stereocenters. The highest BCUT2D eigenvalue weighted by Gasteiger charge is 2.24. The third-order valence-corrected chi connectivity index (χ3v) is 7.91. The first kappa shape index (κ1) is 35.7. The van der Waals surface area contributed by atoms with Gasteiger partial charge in [0, 0.05) is 12.8 Å². The van der Waals surface area contributed by atoms with Crippen molar-refractivity contribution < 1.29 is 23.3 Å².